The van der Waals surface area contributed by atoms with Crippen LogP contribution >= 0.6 is 35.4 Å². The molecule has 2 aromatic carbocycles. The molecule has 0 aliphatic rings. The summed E-state index contributed by atoms with van der Waals surface area (Å²) in [5, 5.41) is 32.0. The van der Waals surface area contributed by atoms with Gasteiger partial charge in [-0.2, -0.15) is 10.2 Å². The Kier molecular flexibility index (Phi) is 6.79. The number of rotatable bonds is 5. The molecule has 1 aromatic heterocycles. The highest BCUT2D eigenvalue weighted by molar-refractivity contribution is 7.80. The number of aryl methyl sites for hydroxylation is 1. The van der Waals surface area contributed by atoms with Gasteiger partial charge in [-0.05, 0) is 55.5 Å². The summed E-state index contributed by atoms with van der Waals surface area (Å²) in [7, 11) is 1.69. The number of hydrogen-bond donors (Lipinski definition) is 4. The van der Waals surface area contributed by atoms with Gasteiger partial charge in [0.05, 0.1) is 21.3 Å². The fourth-order valence-corrected chi connectivity index (χ4v) is 3.23. The van der Waals surface area contributed by atoms with E-state index in [4.69, 9.17) is 40.5 Å². The van der Waals surface area contributed by atoms with E-state index < -0.39 is 5.97 Å². The Labute approximate surface area is 193 Å². The van der Waals surface area contributed by atoms with Gasteiger partial charge in [-0.1, -0.05) is 29.3 Å². The van der Waals surface area contributed by atoms with Crippen LogP contribution in [0.15, 0.2) is 47.6 Å². The highest BCUT2D eigenvalue weighted by Gasteiger charge is 2.19. The quantitative estimate of drug-likeness (QED) is 0.243. The van der Waals surface area contributed by atoms with Crippen molar-refractivity contribution in [1.82, 2.24) is 15.2 Å². The van der Waals surface area contributed by atoms with Gasteiger partial charge in [-0.15, -0.1) is 0 Å². The van der Waals surface area contributed by atoms with E-state index in [1.165, 1.54) is 16.8 Å². The maximum atomic E-state index is 10.9. The van der Waals surface area contributed by atoms with Crippen LogP contribution in [0.1, 0.15) is 23.0 Å². The second-order valence-electron chi connectivity index (χ2n) is 6.44. The third-order valence-electron chi connectivity index (χ3n) is 4.27. The Morgan fingerprint density at radius 2 is 1.84 bits per heavy atom. The molecular formula is C20H17Cl2N5O3S. The van der Waals surface area contributed by atoms with Crippen LogP contribution in [0.5, 0.6) is 5.75 Å². The summed E-state index contributed by atoms with van der Waals surface area (Å²) < 4.78 is 1.52. The molecule has 11 heteroatoms. The van der Waals surface area contributed by atoms with Crippen molar-refractivity contribution >= 4 is 57.9 Å². The lowest BCUT2D eigenvalue weighted by Gasteiger charge is -2.08. The van der Waals surface area contributed by atoms with Gasteiger partial charge in [0.15, 0.2) is 16.6 Å². The molecule has 0 aliphatic carbocycles. The number of anilines is 1. The molecule has 0 aliphatic heterocycles. The summed E-state index contributed by atoms with van der Waals surface area (Å²) >= 11 is 17.2. The molecule has 8 nitrogen and oxygen atoms in total. The summed E-state index contributed by atoms with van der Waals surface area (Å²) in [6.07, 6.45) is 0. The van der Waals surface area contributed by atoms with Gasteiger partial charge in [-0.25, -0.2) is 4.79 Å². The fourth-order valence-electron chi connectivity index (χ4n) is 2.77. The molecule has 31 heavy (non-hydrogen) atoms. The standard InChI is InChI=1S/C20H17Cl2N5O3S/c1-10(24-25-20(31)23-13-6-3-11(4-7-13)19(29)30)16-18(28)17(27(2)26-16)12-5-8-14(21)15(22)9-12/h3-9,28H,1-2H3,(H,29,30)(H2,23,25,31)/b24-10+. The van der Waals surface area contributed by atoms with Gasteiger partial charge in [0.2, 0.25) is 0 Å². The normalized spacial score (nSPS) is 11.3. The minimum absolute atomic E-state index is 0.0629. The van der Waals surface area contributed by atoms with E-state index in [0.29, 0.717) is 32.7 Å². The molecule has 0 spiro atoms. The van der Waals surface area contributed by atoms with Gasteiger partial charge >= 0.3 is 5.97 Å². The highest BCUT2D eigenvalue weighted by Crippen LogP contribution is 2.35. The molecule has 160 valence electrons. The van der Waals surface area contributed by atoms with Crippen LogP contribution in [0.3, 0.4) is 0 Å². The van der Waals surface area contributed by atoms with Crippen molar-refractivity contribution in [3.05, 3.63) is 63.8 Å². The zero-order valence-corrected chi connectivity index (χ0v) is 18.7. The number of aromatic hydroxyl groups is 1. The number of hydrazone groups is 1. The number of thiocarbonyl (C=S) groups is 1. The number of aromatic nitrogens is 2. The summed E-state index contributed by atoms with van der Waals surface area (Å²) in [6.45, 7) is 1.66. The Bertz CT molecular complexity index is 1190. The van der Waals surface area contributed by atoms with E-state index in [1.54, 1.807) is 44.3 Å². The number of carboxylic acid groups (broad SMARTS) is 1. The smallest absolute Gasteiger partial charge is 0.335 e. The van der Waals surface area contributed by atoms with Crippen LogP contribution in [0.4, 0.5) is 5.69 Å². The Morgan fingerprint density at radius 1 is 1.16 bits per heavy atom. The van der Waals surface area contributed by atoms with E-state index in [2.05, 4.69) is 20.9 Å². The summed E-state index contributed by atoms with van der Waals surface area (Å²) in [6, 6.07) is 11.1. The zero-order chi connectivity index (χ0) is 22.7. The van der Waals surface area contributed by atoms with Crippen molar-refractivity contribution in [2.45, 2.75) is 6.92 Å². The van der Waals surface area contributed by atoms with Crippen LogP contribution in [0.25, 0.3) is 11.3 Å². The number of benzene rings is 2. The second kappa shape index (κ2) is 9.34. The number of aromatic carboxylic acids is 1. The number of halogens is 2. The highest BCUT2D eigenvalue weighted by atomic mass is 35.5. The van der Waals surface area contributed by atoms with Gasteiger partial charge in [0, 0.05) is 18.3 Å². The molecule has 0 atom stereocenters. The van der Waals surface area contributed by atoms with E-state index in [9.17, 15) is 9.90 Å². The molecule has 0 radical (unpaired) electrons. The first-order valence-corrected chi connectivity index (χ1v) is 10.00. The molecule has 0 saturated heterocycles. The van der Waals surface area contributed by atoms with Crippen LogP contribution in [0, 0.1) is 0 Å². The average molecular weight is 478 g/mol. The molecule has 0 saturated carbocycles. The zero-order valence-electron chi connectivity index (χ0n) is 16.3. The third kappa shape index (κ3) is 5.13. The number of hydrogen-bond acceptors (Lipinski definition) is 5. The first kappa shape index (κ1) is 22.5. The number of carboxylic acids is 1. The maximum absolute atomic E-state index is 10.9. The molecule has 3 aromatic rings. The molecule has 0 unspecified atom stereocenters. The lowest BCUT2D eigenvalue weighted by molar-refractivity contribution is 0.0697. The van der Waals surface area contributed by atoms with E-state index in [0.717, 1.165) is 0 Å². The Morgan fingerprint density at radius 3 is 2.45 bits per heavy atom. The second-order valence-corrected chi connectivity index (χ2v) is 7.67. The Hall–Kier alpha value is -3.14. The van der Waals surface area contributed by atoms with Crippen molar-refractivity contribution in [3.63, 3.8) is 0 Å². The molecule has 3 rings (SSSR count). The fraction of sp³-hybridized carbons (Fsp3) is 0.100. The number of nitrogens with one attached hydrogen (secondary N) is 2. The Balaban J connectivity index is 1.75. The third-order valence-corrected chi connectivity index (χ3v) is 5.21. The average Bonchev–Trinajstić information content (AvgIpc) is 3.03. The lowest BCUT2D eigenvalue weighted by Crippen LogP contribution is -2.25. The van der Waals surface area contributed by atoms with Gasteiger partial charge in [-0.3, -0.25) is 10.1 Å². The lowest BCUT2D eigenvalue weighted by atomic mass is 10.1. The van der Waals surface area contributed by atoms with Crippen molar-refractivity contribution in [2.24, 2.45) is 12.1 Å². The van der Waals surface area contributed by atoms with Gasteiger partial charge in [0.1, 0.15) is 5.69 Å². The molecule has 0 amide bonds. The predicted octanol–water partition coefficient (Wildman–Crippen LogP) is 4.51. The van der Waals surface area contributed by atoms with Gasteiger partial charge in [0.25, 0.3) is 0 Å². The van der Waals surface area contributed by atoms with Gasteiger partial charge < -0.3 is 15.5 Å². The van der Waals surface area contributed by atoms with Crippen LogP contribution in [-0.4, -0.2) is 36.8 Å². The molecule has 1 heterocycles. The summed E-state index contributed by atoms with van der Waals surface area (Å²) in [5.74, 6) is -1.07. The topological polar surface area (TPSA) is 112 Å². The maximum Gasteiger partial charge on any atom is 0.335 e. The minimum atomic E-state index is -1.01. The number of carbonyl (C=O) groups is 1. The van der Waals surface area contributed by atoms with Crippen molar-refractivity contribution < 1.29 is 15.0 Å². The number of nitrogens with zero attached hydrogens (tertiary/aromatic N) is 3. The first-order chi connectivity index (χ1) is 14.7. The van der Waals surface area contributed by atoms with Crippen molar-refractivity contribution in [2.75, 3.05) is 5.32 Å². The monoisotopic (exact) mass is 477 g/mol. The largest absolute Gasteiger partial charge is 0.504 e. The molecule has 0 bridgehead atoms. The summed E-state index contributed by atoms with van der Waals surface area (Å²) in [4.78, 5) is 10.9. The van der Waals surface area contributed by atoms with Crippen molar-refractivity contribution in [1.29, 1.82) is 0 Å². The SMILES string of the molecule is C/C(=N\NC(=S)Nc1ccc(C(=O)O)cc1)c1nn(C)c(-c2ccc(Cl)c(Cl)c2)c1O. The van der Waals surface area contributed by atoms with Crippen LogP contribution < -0.4 is 10.7 Å². The van der Waals surface area contributed by atoms with Crippen LogP contribution in [0.2, 0.25) is 10.0 Å². The van der Waals surface area contributed by atoms with E-state index in [-0.39, 0.29) is 22.1 Å². The predicted molar refractivity (Wildman–Crippen MR) is 125 cm³/mol. The summed E-state index contributed by atoms with van der Waals surface area (Å²) in [5.41, 5.74) is 5.21. The molecule has 0 fully saturated rings. The van der Waals surface area contributed by atoms with Crippen LogP contribution in [-0.2, 0) is 7.05 Å². The van der Waals surface area contributed by atoms with E-state index in [1.807, 2.05) is 0 Å². The molecular weight excluding hydrogens is 461 g/mol. The molecule has 4 N–H and O–H groups in total. The first-order valence-electron chi connectivity index (χ1n) is 8.83. The van der Waals surface area contributed by atoms with Crippen molar-refractivity contribution in [3.8, 4) is 17.0 Å². The van der Waals surface area contributed by atoms with E-state index >= 15 is 0 Å². The minimum Gasteiger partial charge on any atom is -0.504 e.